The summed E-state index contributed by atoms with van der Waals surface area (Å²) in [7, 11) is 0. The van der Waals surface area contributed by atoms with E-state index in [2.05, 4.69) is 19.9 Å². The van der Waals surface area contributed by atoms with E-state index in [4.69, 9.17) is 0 Å². The van der Waals surface area contributed by atoms with Crippen LogP contribution >= 0.6 is 0 Å². The second-order valence-corrected chi connectivity index (χ2v) is 6.88. The van der Waals surface area contributed by atoms with Gasteiger partial charge in [-0.1, -0.05) is 24.3 Å². The second-order valence-electron chi connectivity index (χ2n) is 6.88. The lowest BCUT2D eigenvalue weighted by Gasteiger charge is -2.13. The molecule has 144 valence electrons. The molecule has 0 N–H and O–H groups in total. The molecule has 0 saturated heterocycles. The summed E-state index contributed by atoms with van der Waals surface area (Å²) in [6, 6.07) is 19.2. The normalized spacial score (nSPS) is 10.9. The maximum Gasteiger partial charge on any atom is 0.278 e. The van der Waals surface area contributed by atoms with Crippen molar-refractivity contribution in [2.45, 2.75) is 6.42 Å². The SMILES string of the molecule is O=c1c(Cc2cccnc2)nc2cccnc2n1-c1cccc(-c2cccnc2)c1. The van der Waals surface area contributed by atoms with E-state index < -0.39 is 0 Å². The average Bonchev–Trinajstić information content (AvgIpc) is 2.81. The van der Waals surface area contributed by atoms with Crippen LogP contribution in [-0.4, -0.2) is 24.5 Å². The van der Waals surface area contributed by atoms with Gasteiger partial charge >= 0.3 is 0 Å². The fourth-order valence-corrected chi connectivity index (χ4v) is 3.48. The van der Waals surface area contributed by atoms with Crippen molar-refractivity contribution in [1.29, 1.82) is 0 Å². The summed E-state index contributed by atoms with van der Waals surface area (Å²) in [5.74, 6) is 0. The Balaban J connectivity index is 1.71. The van der Waals surface area contributed by atoms with Crippen LogP contribution in [0.1, 0.15) is 11.3 Å². The Labute approximate surface area is 172 Å². The molecule has 0 aliphatic heterocycles. The molecule has 0 amide bonds. The van der Waals surface area contributed by atoms with Crippen LogP contribution in [0, 0.1) is 0 Å². The maximum atomic E-state index is 13.5. The molecule has 0 aliphatic rings. The van der Waals surface area contributed by atoms with Gasteiger partial charge in [-0.05, 0) is 47.5 Å². The minimum Gasteiger partial charge on any atom is -0.267 e. The van der Waals surface area contributed by atoms with Gasteiger partial charge in [0.15, 0.2) is 5.65 Å². The lowest BCUT2D eigenvalue weighted by Crippen LogP contribution is -2.25. The Bertz CT molecular complexity index is 1380. The number of pyridine rings is 3. The fourth-order valence-electron chi connectivity index (χ4n) is 3.48. The van der Waals surface area contributed by atoms with Crippen molar-refractivity contribution in [3.05, 3.63) is 113 Å². The van der Waals surface area contributed by atoms with E-state index in [1.165, 1.54) is 0 Å². The molecule has 0 radical (unpaired) electrons. The second kappa shape index (κ2) is 7.67. The van der Waals surface area contributed by atoms with E-state index in [-0.39, 0.29) is 5.56 Å². The molecule has 0 saturated carbocycles. The van der Waals surface area contributed by atoms with Gasteiger partial charge in [-0.2, -0.15) is 0 Å². The minimum absolute atomic E-state index is 0.187. The van der Waals surface area contributed by atoms with Gasteiger partial charge in [-0.3, -0.25) is 19.3 Å². The summed E-state index contributed by atoms with van der Waals surface area (Å²) >= 11 is 0. The Kier molecular flexibility index (Phi) is 4.57. The standard InChI is InChI=1S/C24H17N5O/c30-24-22(13-17-5-2-10-25-15-17)28-21-9-4-12-27-23(21)29(24)20-8-1-6-18(14-20)19-7-3-11-26-16-19/h1-12,14-16H,13H2. The molecule has 0 atom stereocenters. The van der Waals surface area contributed by atoms with E-state index >= 15 is 0 Å². The molecule has 0 unspecified atom stereocenters. The van der Waals surface area contributed by atoms with Crippen LogP contribution in [0.3, 0.4) is 0 Å². The zero-order chi connectivity index (χ0) is 20.3. The first-order chi connectivity index (χ1) is 14.8. The van der Waals surface area contributed by atoms with Crippen LogP contribution < -0.4 is 5.56 Å². The molecule has 4 aromatic heterocycles. The van der Waals surface area contributed by atoms with Gasteiger partial charge in [0.1, 0.15) is 11.2 Å². The van der Waals surface area contributed by atoms with Gasteiger partial charge in [-0.25, -0.2) is 9.97 Å². The number of hydrogen-bond donors (Lipinski definition) is 0. The summed E-state index contributed by atoms with van der Waals surface area (Å²) in [6.07, 6.45) is 9.08. The van der Waals surface area contributed by atoms with Crippen molar-refractivity contribution >= 4 is 11.2 Å². The lowest BCUT2D eigenvalue weighted by atomic mass is 10.1. The molecule has 0 aliphatic carbocycles. The molecule has 6 heteroatoms. The van der Waals surface area contributed by atoms with Crippen molar-refractivity contribution in [3.63, 3.8) is 0 Å². The number of benzene rings is 1. The summed E-state index contributed by atoms with van der Waals surface area (Å²) in [5.41, 5.74) is 5.09. The largest absolute Gasteiger partial charge is 0.278 e. The lowest BCUT2D eigenvalue weighted by molar-refractivity contribution is 0.925. The van der Waals surface area contributed by atoms with Crippen LogP contribution in [-0.2, 0) is 6.42 Å². The van der Waals surface area contributed by atoms with Crippen molar-refractivity contribution < 1.29 is 0 Å². The molecular weight excluding hydrogens is 374 g/mol. The molecule has 0 spiro atoms. The van der Waals surface area contributed by atoms with Gasteiger partial charge in [-0.15, -0.1) is 0 Å². The predicted molar refractivity (Wildman–Crippen MR) is 115 cm³/mol. The number of fused-ring (bicyclic) bond motifs is 1. The fraction of sp³-hybridized carbons (Fsp3) is 0.0417. The highest BCUT2D eigenvalue weighted by Crippen LogP contribution is 2.22. The zero-order valence-corrected chi connectivity index (χ0v) is 16.0. The van der Waals surface area contributed by atoms with Gasteiger partial charge < -0.3 is 0 Å². The van der Waals surface area contributed by atoms with Crippen LogP contribution in [0.4, 0.5) is 0 Å². The van der Waals surface area contributed by atoms with Crippen molar-refractivity contribution in [2.24, 2.45) is 0 Å². The zero-order valence-electron chi connectivity index (χ0n) is 16.0. The topological polar surface area (TPSA) is 73.6 Å². The monoisotopic (exact) mass is 391 g/mol. The number of nitrogens with zero attached hydrogens (tertiary/aromatic N) is 5. The maximum absolute atomic E-state index is 13.5. The van der Waals surface area contributed by atoms with Gasteiger partial charge in [0.25, 0.3) is 5.56 Å². The van der Waals surface area contributed by atoms with Gasteiger partial charge in [0.2, 0.25) is 0 Å². The highest BCUT2D eigenvalue weighted by Gasteiger charge is 2.14. The van der Waals surface area contributed by atoms with E-state index in [9.17, 15) is 4.79 Å². The quantitative estimate of drug-likeness (QED) is 0.466. The first-order valence-corrected chi connectivity index (χ1v) is 9.56. The molecule has 5 rings (SSSR count). The highest BCUT2D eigenvalue weighted by atomic mass is 16.1. The van der Waals surface area contributed by atoms with Crippen molar-refractivity contribution in [3.8, 4) is 16.8 Å². The minimum atomic E-state index is -0.187. The molecule has 0 fully saturated rings. The van der Waals surface area contributed by atoms with Crippen LogP contribution in [0.2, 0.25) is 0 Å². The van der Waals surface area contributed by atoms with Crippen molar-refractivity contribution in [2.75, 3.05) is 0 Å². The first-order valence-electron chi connectivity index (χ1n) is 9.56. The van der Waals surface area contributed by atoms with Crippen LogP contribution in [0.5, 0.6) is 0 Å². The van der Waals surface area contributed by atoms with E-state index in [1.54, 1.807) is 35.6 Å². The molecule has 1 aromatic carbocycles. The molecular formula is C24H17N5O. The molecule has 5 aromatic rings. The van der Waals surface area contributed by atoms with Gasteiger partial charge in [0.05, 0.1) is 5.69 Å². The van der Waals surface area contributed by atoms with Gasteiger partial charge in [0, 0.05) is 43.0 Å². The predicted octanol–water partition coefficient (Wildman–Crippen LogP) is 3.83. The Morgan fingerprint density at radius 1 is 0.800 bits per heavy atom. The van der Waals surface area contributed by atoms with Crippen molar-refractivity contribution in [1.82, 2.24) is 24.5 Å². The Hall–Kier alpha value is -4.19. The Morgan fingerprint density at radius 2 is 1.60 bits per heavy atom. The first kappa shape index (κ1) is 17.9. The third-order valence-electron chi connectivity index (χ3n) is 4.88. The molecule has 6 nitrogen and oxygen atoms in total. The number of hydrogen-bond acceptors (Lipinski definition) is 5. The summed E-state index contributed by atoms with van der Waals surface area (Å²) in [4.78, 5) is 30.8. The van der Waals surface area contributed by atoms with Crippen LogP contribution in [0.25, 0.3) is 28.0 Å². The highest BCUT2D eigenvalue weighted by molar-refractivity contribution is 5.73. The molecule has 4 heterocycles. The van der Waals surface area contributed by atoms with E-state index in [1.807, 2.05) is 60.7 Å². The number of rotatable bonds is 4. The molecule has 30 heavy (non-hydrogen) atoms. The number of aromatic nitrogens is 5. The average molecular weight is 391 g/mol. The molecule has 0 bridgehead atoms. The summed E-state index contributed by atoms with van der Waals surface area (Å²) < 4.78 is 1.63. The van der Waals surface area contributed by atoms with Crippen LogP contribution in [0.15, 0.2) is 96.4 Å². The third kappa shape index (κ3) is 3.35. The summed E-state index contributed by atoms with van der Waals surface area (Å²) in [6.45, 7) is 0. The van der Waals surface area contributed by atoms with E-state index in [0.717, 1.165) is 22.4 Å². The smallest absolute Gasteiger partial charge is 0.267 e. The third-order valence-corrected chi connectivity index (χ3v) is 4.88. The summed E-state index contributed by atoms with van der Waals surface area (Å²) in [5, 5.41) is 0. The Morgan fingerprint density at radius 3 is 2.40 bits per heavy atom. The van der Waals surface area contributed by atoms with E-state index in [0.29, 0.717) is 23.3 Å².